The third kappa shape index (κ3) is 3.12. The molecule has 1 aromatic heterocycles. The molecule has 1 fully saturated rings. The van der Waals surface area contributed by atoms with Gasteiger partial charge in [-0.05, 0) is 12.1 Å². The number of nitrogens with zero attached hydrogens (tertiary/aromatic N) is 4. The van der Waals surface area contributed by atoms with Gasteiger partial charge in [-0.2, -0.15) is 9.57 Å². The highest BCUT2D eigenvalue weighted by Gasteiger charge is 2.26. The van der Waals surface area contributed by atoms with E-state index in [1.807, 2.05) is 6.07 Å². The van der Waals surface area contributed by atoms with Crippen LogP contribution in [0.25, 0.3) is 0 Å². The molecule has 0 aromatic carbocycles. The monoisotopic (exact) mass is 294 g/mol. The molecule has 1 amide bonds. The third-order valence-corrected chi connectivity index (χ3v) is 4.41. The van der Waals surface area contributed by atoms with Crippen LogP contribution in [0.3, 0.4) is 0 Å². The summed E-state index contributed by atoms with van der Waals surface area (Å²) in [5.41, 5.74) is 0.653. The van der Waals surface area contributed by atoms with Crippen LogP contribution in [-0.4, -0.2) is 60.9 Å². The Kier molecular flexibility index (Phi) is 4.01. The van der Waals surface area contributed by atoms with Crippen LogP contribution in [0.2, 0.25) is 0 Å². The summed E-state index contributed by atoms with van der Waals surface area (Å²) in [6.07, 6.45) is 2.51. The van der Waals surface area contributed by atoms with Crippen LogP contribution in [0.1, 0.15) is 16.1 Å². The van der Waals surface area contributed by atoms with Crippen LogP contribution >= 0.6 is 0 Å². The maximum atomic E-state index is 12.2. The van der Waals surface area contributed by atoms with E-state index in [1.54, 1.807) is 4.90 Å². The summed E-state index contributed by atoms with van der Waals surface area (Å²) in [5, 5.41) is 8.67. The van der Waals surface area contributed by atoms with Gasteiger partial charge >= 0.3 is 0 Å². The molecule has 106 valence electrons. The average Bonchev–Trinajstić information content (AvgIpc) is 2.46. The van der Waals surface area contributed by atoms with Crippen molar-refractivity contribution in [1.29, 1.82) is 5.26 Å². The van der Waals surface area contributed by atoms with Crippen LogP contribution in [-0.2, 0) is 10.0 Å². The van der Waals surface area contributed by atoms with Crippen molar-refractivity contribution < 1.29 is 13.2 Å². The molecular formula is C12H14N4O3S. The predicted molar refractivity (Wildman–Crippen MR) is 71.3 cm³/mol. The normalized spacial score (nSPS) is 16.7. The molecule has 0 bridgehead atoms. The van der Waals surface area contributed by atoms with Gasteiger partial charge in [0.2, 0.25) is 10.0 Å². The first-order valence-corrected chi connectivity index (χ1v) is 7.87. The van der Waals surface area contributed by atoms with E-state index in [0.717, 1.165) is 6.26 Å². The molecule has 7 nitrogen and oxygen atoms in total. The molecule has 0 atom stereocenters. The molecule has 0 saturated carbocycles. The lowest BCUT2D eigenvalue weighted by Crippen LogP contribution is -2.50. The summed E-state index contributed by atoms with van der Waals surface area (Å²) in [7, 11) is -3.20. The van der Waals surface area contributed by atoms with E-state index in [2.05, 4.69) is 4.98 Å². The standard InChI is InChI=1S/C12H14N4O3S/c1-20(18,19)16-6-4-15(5-7-16)12(17)11-3-2-10(8-13)9-14-11/h2-3,9H,4-7H2,1H3. The van der Waals surface area contributed by atoms with Gasteiger partial charge in [0.1, 0.15) is 11.8 Å². The molecule has 0 N–H and O–H groups in total. The lowest BCUT2D eigenvalue weighted by molar-refractivity contribution is 0.0692. The van der Waals surface area contributed by atoms with E-state index in [4.69, 9.17) is 5.26 Å². The van der Waals surface area contributed by atoms with E-state index >= 15 is 0 Å². The molecular weight excluding hydrogens is 280 g/mol. The first-order valence-electron chi connectivity index (χ1n) is 6.02. The molecule has 1 aromatic rings. The van der Waals surface area contributed by atoms with Crippen molar-refractivity contribution in [3.8, 4) is 6.07 Å². The van der Waals surface area contributed by atoms with Crippen LogP contribution < -0.4 is 0 Å². The predicted octanol–water partition coefficient (Wildman–Crippen LogP) is -0.329. The van der Waals surface area contributed by atoms with Gasteiger partial charge in [-0.1, -0.05) is 0 Å². The zero-order chi connectivity index (χ0) is 14.8. The second kappa shape index (κ2) is 5.56. The minimum atomic E-state index is -3.20. The second-order valence-corrected chi connectivity index (χ2v) is 6.48. The van der Waals surface area contributed by atoms with E-state index in [9.17, 15) is 13.2 Å². The summed E-state index contributed by atoms with van der Waals surface area (Å²) in [6.45, 7) is 1.27. The Bertz CT molecular complexity index is 640. The number of piperazine rings is 1. The number of carbonyl (C=O) groups is 1. The van der Waals surface area contributed by atoms with Gasteiger partial charge in [0, 0.05) is 32.4 Å². The molecule has 0 aliphatic carbocycles. The Labute approximate surface area is 117 Å². The zero-order valence-electron chi connectivity index (χ0n) is 11.0. The van der Waals surface area contributed by atoms with E-state index in [1.165, 1.54) is 22.6 Å². The van der Waals surface area contributed by atoms with Crippen molar-refractivity contribution in [2.75, 3.05) is 32.4 Å². The highest BCUT2D eigenvalue weighted by Crippen LogP contribution is 2.10. The van der Waals surface area contributed by atoms with Gasteiger partial charge in [-0.15, -0.1) is 0 Å². The maximum absolute atomic E-state index is 12.2. The van der Waals surface area contributed by atoms with Crippen molar-refractivity contribution in [2.45, 2.75) is 0 Å². The Morgan fingerprint density at radius 3 is 2.40 bits per heavy atom. The Hall–Kier alpha value is -1.98. The van der Waals surface area contributed by atoms with Gasteiger partial charge in [-0.25, -0.2) is 13.4 Å². The lowest BCUT2D eigenvalue weighted by Gasteiger charge is -2.33. The van der Waals surface area contributed by atoms with Gasteiger partial charge in [-0.3, -0.25) is 4.79 Å². The smallest absolute Gasteiger partial charge is 0.272 e. The highest BCUT2D eigenvalue weighted by molar-refractivity contribution is 7.88. The molecule has 2 rings (SSSR count). The molecule has 1 aliphatic rings. The number of amides is 1. The first-order chi connectivity index (χ1) is 9.41. The van der Waals surface area contributed by atoms with Crippen LogP contribution in [0.15, 0.2) is 18.3 Å². The number of nitriles is 1. The molecule has 1 saturated heterocycles. The fourth-order valence-corrected chi connectivity index (χ4v) is 2.80. The molecule has 2 heterocycles. The quantitative estimate of drug-likeness (QED) is 0.744. The minimum absolute atomic E-state index is 0.248. The number of hydrogen-bond acceptors (Lipinski definition) is 5. The zero-order valence-corrected chi connectivity index (χ0v) is 11.8. The van der Waals surface area contributed by atoms with Crippen molar-refractivity contribution >= 4 is 15.9 Å². The van der Waals surface area contributed by atoms with E-state index in [-0.39, 0.29) is 11.6 Å². The Morgan fingerprint density at radius 1 is 1.30 bits per heavy atom. The lowest BCUT2D eigenvalue weighted by atomic mass is 10.2. The summed E-state index contributed by atoms with van der Waals surface area (Å²) in [6, 6.07) is 4.97. The number of carbonyl (C=O) groups excluding carboxylic acids is 1. The molecule has 1 aliphatic heterocycles. The first kappa shape index (κ1) is 14.4. The number of aromatic nitrogens is 1. The van der Waals surface area contributed by atoms with Crippen LogP contribution in [0, 0.1) is 11.3 Å². The minimum Gasteiger partial charge on any atom is -0.335 e. The van der Waals surface area contributed by atoms with Crippen molar-refractivity contribution in [2.24, 2.45) is 0 Å². The summed E-state index contributed by atoms with van der Waals surface area (Å²) in [4.78, 5) is 17.7. The van der Waals surface area contributed by atoms with E-state index in [0.29, 0.717) is 31.7 Å². The fraction of sp³-hybridized carbons (Fsp3) is 0.417. The molecule has 0 spiro atoms. The van der Waals surface area contributed by atoms with Crippen molar-refractivity contribution in [3.05, 3.63) is 29.6 Å². The van der Waals surface area contributed by atoms with Crippen LogP contribution in [0.4, 0.5) is 0 Å². The number of sulfonamides is 1. The fourth-order valence-electron chi connectivity index (χ4n) is 1.97. The Morgan fingerprint density at radius 2 is 1.95 bits per heavy atom. The summed E-state index contributed by atoms with van der Waals surface area (Å²) in [5.74, 6) is -0.248. The number of hydrogen-bond donors (Lipinski definition) is 0. The van der Waals surface area contributed by atoms with Gasteiger partial charge in [0.25, 0.3) is 5.91 Å². The molecule has 8 heteroatoms. The summed E-state index contributed by atoms with van der Waals surface area (Å²) < 4.78 is 24.1. The SMILES string of the molecule is CS(=O)(=O)N1CCN(C(=O)c2ccc(C#N)cn2)CC1. The average molecular weight is 294 g/mol. The van der Waals surface area contributed by atoms with Gasteiger partial charge in [0.05, 0.1) is 11.8 Å². The second-order valence-electron chi connectivity index (χ2n) is 4.50. The summed E-state index contributed by atoms with van der Waals surface area (Å²) >= 11 is 0. The molecule has 20 heavy (non-hydrogen) atoms. The van der Waals surface area contributed by atoms with Gasteiger partial charge < -0.3 is 4.90 Å². The largest absolute Gasteiger partial charge is 0.335 e. The molecule has 0 radical (unpaired) electrons. The maximum Gasteiger partial charge on any atom is 0.272 e. The highest BCUT2D eigenvalue weighted by atomic mass is 32.2. The molecule has 0 unspecified atom stereocenters. The Balaban J connectivity index is 2.03. The number of pyridine rings is 1. The van der Waals surface area contributed by atoms with Crippen LogP contribution in [0.5, 0.6) is 0 Å². The number of rotatable bonds is 2. The topological polar surface area (TPSA) is 94.4 Å². The van der Waals surface area contributed by atoms with Crippen molar-refractivity contribution in [3.63, 3.8) is 0 Å². The van der Waals surface area contributed by atoms with Crippen molar-refractivity contribution in [1.82, 2.24) is 14.2 Å². The van der Waals surface area contributed by atoms with Gasteiger partial charge in [0.15, 0.2) is 0 Å². The van der Waals surface area contributed by atoms with E-state index < -0.39 is 10.0 Å². The third-order valence-electron chi connectivity index (χ3n) is 3.11.